The van der Waals surface area contributed by atoms with Crippen molar-refractivity contribution in [2.75, 3.05) is 6.61 Å². The minimum absolute atomic E-state index is 0.0354. The third kappa shape index (κ3) is 6.43. The number of hydrogen-bond donors (Lipinski definition) is 1. The van der Waals surface area contributed by atoms with Crippen molar-refractivity contribution in [3.05, 3.63) is 65.8 Å². The van der Waals surface area contributed by atoms with Crippen LogP contribution < -0.4 is 0 Å². The molecule has 0 saturated carbocycles. The summed E-state index contributed by atoms with van der Waals surface area (Å²) in [7, 11) is 0. The summed E-state index contributed by atoms with van der Waals surface area (Å²) >= 11 is 0. The number of benzene rings is 1. The van der Waals surface area contributed by atoms with Crippen LogP contribution in [0.1, 0.15) is 32.8 Å². The first-order valence-electron chi connectivity index (χ1n) is 6.55. The molecule has 3 heteroatoms. The van der Waals surface area contributed by atoms with Crippen LogP contribution in [0.2, 0.25) is 0 Å². The highest BCUT2D eigenvalue weighted by molar-refractivity contribution is 5.66. The second-order valence-electron chi connectivity index (χ2n) is 4.33. The molecule has 0 aromatic heterocycles. The van der Waals surface area contributed by atoms with E-state index < -0.39 is 11.6 Å². The summed E-state index contributed by atoms with van der Waals surface area (Å²) in [6.45, 7) is 9.29. The normalized spacial score (nSPS) is 11.2. The van der Waals surface area contributed by atoms with Gasteiger partial charge in [0.2, 0.25) is 0 Å². The Balaban J connectivity index is 0.00000110. The van der Waals surface area contributed by atoms with Crippen LogP contribution >= 0.6 is 0 Å². The maximum absolute atomic E-state index is 13.4. The SMILES string of the molecule is C=C(/C=C\C=C(/C)c1c(F)cccc1F)CO.CCC. The fourth-order valence-corrected chi connectivity index (χ4v) is 1.34. The lowest BCUT2D eigenvalue weighted by molar-refractivity contribution is 0.335. The maximum Gasteiger partial charge on any atom is 0.133 e. The van der Waals surface area contributed by atoms with E-state index in [1.54, 1.807) is 25.2 Å². The molecule has 1 rings (SSSR count). The summed E-state index contributed by atoms with van der Waals surface area (Å²) < 4.78 is 26.8. The molecule has 0 spiro atoms. The van der Waals surface area contributed by atoms with Gasteiger partial charge in [-0.15, -0.1) is 0 Å². The first kappa shape index (κ1) is 18.3. The topological polar surface area (TPSA) is 20.2 Å². The highest BCUT2D eigenvalue weighted by Gasteiger charge is 2.08. The van der Waals surface area contributed by atoms with Crippen molar-refractivity contribution in [3.8, 4) is 0 Å². The second-order valence-corrected chi connectivity index (χ2v) is 4.33. The Bertz CT molecular complexity index is 468. The zero-order valence-corrected chi connectivity index (χ0v) is 12.3. The second kappa shape index (κ2) is 10.1. The standard InChI is InChI=1S/C14H14F2O.C3H8/c1-10(9-17)5-3-6-11(2)14-12(15)7-4-8-13(14)16;1-3-2/h3-8,17H,1,9H2,2H3;3H2,1-2H3/b5-3-,11-6+;. The molecule has 0 aliphatic carbocycles. The summed E-state index contributed by atoms with van der Waals surface area (Å²) in [4.78, 5) is 0. The highest BCUT2D eigenvalue weighted by atomic mass is 19.1. The molecule has 0 saturated heterocycles. The number of allylic oxidation sites excluding steroid dienone is 3. The third-order valence-corrected chi connectivity index (χ3v) is 2.24. The molecule has 1 N–H and O–H groups in total. The lowest BCUT2D eigenvalue weighted by Gasteiger charge is -2.03. The molecule has 0 amide bonds. The average molecular weight is 280 g/mol. The van der Waals surface area contributed by atoms with Gasteiger partial charge in [-0.2, -0.15) is 0 Å². The Hall–Kier alpha value is -1.74. The van der Waals surface area contributed by atoms with Crippen molar-refractivity contribution in [2.45, 2.75) is 27.2 Å². The van der Waals surface area contributed by atoms with E-state index in [0.717, 1.165) is 0 Å². The van der Waals surface area contributed by atoms with Crippen molar-refractivity contribution in [1.82, 2.24) is 0 Å². The van der Waals surface area contributed by atoms with Gasteiger partial charge in [0.1, 0.15) is 11.6 Å². The molecule has 0 aliphatic rings. The maximum atomic E-state index is 13.4. The molecule has 0 radical (unpaired) electrons. The molecule has 0 fully saturated rings. The molecule has 1 aromatic rings. The summed E-state index contributed by atoms with van der Waals surface area (Å²) in [5.74, 6) is -1.18. The zero-order chi connectivity index (χ0) is 15.5. The van der Waals surface area contributed by atoms with Crippen LogP contribution in [0.25, 0.3) is 5.57 Å². The summed E-state index contributed by atoms with van der Waals surface area (Å²) in [5, 5.41) is 8.71. The van der Waals surface area contributed by atoms with E-state index in [1.807, 2.05) is 0 Å². The Morgan fingerprint density at radius 3 is 2.20 bits per heavy atom. The molecule has 1 nitrogen and oxygen atoms in total. The van der Waals surface area contributed by atoms with Crippen molar-refractivity contribution in [2.24, 2.45) is 0 Å². The van der Waals surface area contributed by atoms with E-state index in [1.165, 1.54) is 24.6 Å². The molecule has 0 bridgehead atoms. The van der Waals surface area contributed by atoms with E-state index in [2.05, 4.69) is 20.4 Å². The Morgan fingerprint density at radius 1 is 1.25 bits per heavy atom. The van der Waals surface area contributed by atoms with Gasteiger partial charge in [-0.3, -0.25) is 0 Å². The van der Waals surface area contributed by atoms with Gasteiger partial charge >= 0.3 is 0 Å². The number of hydrogen-bond acceptors (Lipinski definition) is 1. The Kier molecular flexibility index (Phi) is 9.22. The highest BCUT2D eigenvalue weighted by Crippen LogP contribution is 2.21. The van der Waals surface area contributed by atoms with Gasteiger partial charge in [0.25, 0.3) is 0 Å². The quantitative estimate of drug-likeness (QED) is 0.779. The number of aliphatic hydroxyl groups is 1. The van der Waals surface area contributed by atoms with Crippen LogP contribution in [0.15, 0.2) is 48.6 Å². The predicted octanol–water partition coefficient (Wildman–Crippen LogP) is 4.89. The van der Waals surface area contributed by atoms with Gasteiger partial charge in [-0.05, 0) is 30.2 Å². The Morgan fingerprint density at radius 2 is 1.75 bits per heavy atom. The van der Waals surface area contributed by atoms with Crippen LogP contribution in [0.4, 0.5) is 8.78 Å². The van der Waals surface area contributed by atoms with Gasteiger partial charge in [0.05, 0.1) is 6.61 Å². The first-order chi connectivity index (χ1) is 9.47. The smallest absolute Gasteiger partial charge is 0.133 e. The van der Waals surface area contributed by atoms with Gasteiger partial charge in [-0.1, -0.05) is 51.1 Å². The van der Waals surface area contributed by atoms with E-state index in [9.17, 15) is 8.78 Å². The van der Waals surface area contributed by atoms with Crippen molar-refractivity contribution >= 4 is 5.57 Å². The zero-order valence-electron chi connectivity index (χ0n) is 12.3. The van der Waals surface area contributed by atoms with Gasteiger partial charge in [0.15, 0.2) is 0 Å². The molecule has 20 heavy (non-hydrogen) atoms. The third-order valence-electron chi connectivity index (χ3n) is 2.24. The predicted molar refractivity (Wildman–Crippen MR) is 81.3 cm³/mol. The molecule has 110 valence electrons. The van der Waals surface area contributed by atoms with Crippen molar-refractivity contribution in [1.29, 1.82) is 0 Å². The number of halogens is 2. The molecule has 0 aliphatic heterocycles. The molecule has 1 aromatic carbocycles. The van der Waals surface area contributed by atoms with Crippen LogP contribution in [0, 0.1) is 11.6 Å². The average Bonchev–Trinajstić information content (AvgIpc) is 2.39. The summed E-state index contributed by atoms with van der Waals surface area (Å²) in [5.41, 5.74) is 0.970. The molecule has 0 heterocycles. The molecular weight excluding hydrogens is 258 g/mol. The summed E-state index contributed by atoms with van der Waals surface area (Å²) in [6, 6.07) is 3.75. The largest absolute Gasteiger partial charge is 0.392 e. The fraction of sp³-hybridized carbons (Fsp3) is 0.294. The lowest BCUT2D eigenvalue weighted by atomic mass is 10.1. The van der Waals surface area contributed by atoms with Crippen molar-refractivity contribution < 1.29 is 13.9 Å². The lowest BCUT2D eigenvalue weighted by Crippen LogP contribution is -1.91. The van der Waals surface area contributed by atoms with E-state index >= 15 is 0 Å². The number of rotatable bonds is 4. The first-order valence-corrected chi connectivity index (χ1v) is 6.55. The van der Waals surface area contributed by atoms with Crippen molar-refractivity contribution in [3.63, 3.8) is 0 Å². The fourth-order valence-electron chi connectivity index (χ4n) is 1.34. The summed E-state index contributed by atoms with van der Waals surface area (Å²) in [6.07, 6.45) is 6.00. The minimum atomic E-state index is -0.590. The van der Waals surface area contributed by atoms with E-state index in [4.69, 9.17) is 5.11 Å². The van der Waals surface area contributed by atoms with Gasteiger partial charge < -0.3 is 5.11 Å². The monoisotopic (exact) mass is 280 g/mol. The van der Waals surface area contributed by atoms with Gasteiger partial charge in [0, 0.05) is 5.56 Å². The van der Waals surface area contributed by atoms with Crippen LogP contribution in [0.5, 0.6) is 0 Å². The number of aliphatic hydroxyl groups excluding tert-OH is 1. The molecule has 0 atom stereocenters. The Labute approximate surface area is 120 Å². The molecule has 0 unspecified atom stereocenters. The van der Waals surface area contributed by atoms with Crippen LogP contribution in [0.3, 0.4) is 0 Å². The van der Waals surface area contributed by atoms with E-state index in [-0.39, 0.29) is 12.2 Å². The van der Waals surface area contributed by atoms with E-state index in [0.29, 0.717) is 11.1 Å². The molecular formula is C17H22F2O. The van der Waals surface area contributed by atoms with Crippen LogP contribution in [-0.2, 0) is 0 Å². The minimum Gasteiger partial charge on any atom is -0.392 e. The van der Waals surface area contributed by atoms with Crippen LogP contribution in [-0.4, -0.2) is 11.7 Å². The van der Waals surface area contributed by atoms with Gasteiger partial charge in [-0.25, -0.2) is 8.78 Å².